The Morgan fingerprint density at radius 1 is 1.03 bits per heavy atom. The first kappa shape index (κ1) is 25.8. The molecule has 198 valence electrons. The molecule has 37 heavy (non-hydrogen) atoms. The summed E-state index contributed by atoms with van der Waals surface area (Å²) in [5, 5.41) is 0. The molecule has 2 aromatic rings. The van der Waals surface area contributed by atoms with Gasteiger partial charge in [-0.25, -0.2) is 4.79 Å². The largest absolute Gasteiger partial charge is 0.489 e. The number of aryl methyl sites for hydroxylation is 1. The number of benzene rings is 2. The smallest absolute Gasteiger partial charge is 0.337 e. The molecule has 0 amide bonds. The van der Waals surface area contributed by atoms with Gasteiger partial charge in [-0.1, -0.05) is 38.5 Å². The molecule has 2 fully saturated rings. The number of hydrogen-bond donors (Lipinski definition) is 0. The lowest BCUT2D eigenvalue weighted by molar-refractivity contribution is -0.157. The van der Waals surface area contributed by atoms with Crippen LogP contribution < -0.4 is 4.74 Å². The van der Waals surface area contributed by atoms with E-state index >= 15 is 0 Å². The molecule has 5 atom stereocenters. The number of unbranched alkanes of at least 4 members (excludes halogenated alkanes) is 1. The van der Waals surface area contributed by atoms with Crippen molar-refractivity contribution in [3.63, 3.8) is 0 Å². The van der Waals surface area contributed by atoms with E-state index in [9.17, 15) is 9.59 Å². The highest BCUT2D eigenvalue weighted by molar-refractivity contribution is 5.89. The van der Waals surface area contributed by atoms with Crippen molar-refractivity contribution in [3.05, 3.63) is 64.7 Å². The summed E-state index contributed by atoms with van der Waals surface area (Å²) >= 11 is 0. The number of ether oxygens (including phenoxy) is 3. The number of esters is 2. The third-order valence-electron chi connectivity index (χ3n) is 9.40. The molecular formula is C32H40O5. The minimum absolute atomic E-state index is 0.00299. The normalized spacial score (nSPS) is 28.0. The van der Waals surface area contributed by atoms with Crippen molar-refractivity contribution in [2.75, 3.05) is 7.11 Å². The first-order valence-corrected chi connectivity index (χ1v) is 14.0. The van der Waals surface area contributed by atoms with E-state index in [1.165, 1.54) is 37.5 Å². The summed E-state index contributed by atoms with van der Waals surface area (Å²) < 4.78 is 16.9. The second kappa shape index (κ2) is 10.9. The van der Waals surface area contributed by atoms with Gasteiger partial charge >= 0.3 is 11.9 Å². The van der Waals surface area contributed by atoms with Gasteiger partial charge in [0.15, 0.2) is 0 Å². The molecule has 0 heterocycles. The van der Waals surface area contributed by atoms with Crippen LogP contribution in [-0.2, 0) is 27.3 Å². The van der Waals surface area contributed by atoms with Crippen molar-refractivity contribution in [3.8, 4) is 5.75 Å². The van der Waals surface area contributed by atoms with Crippen molar-refractivity contribution in [2.24, 2.45) is 17.3 Å². The molecule has 0 N–H and O–H groups in total. The quantitative estimate of drug-likeness (QED) is 0.362. The molecule has 5 rings (SSSR count). The van der Waals surface area contributed by atoms with Gasteiger partial charge < -0.3 is 14.2 Å². The summed E-state index contributed by atoms with van der Waals surface area (Å²) in [6.45, 7) is 4.97. The van der Waals surface area contributed by atoms with Crippen molar-refractivity contribution in [1.82, 2.24) is 0 Å². The molecule has 2 aromatic carbocycles. The van der Waals surface area contributed by atoms with Gasteiger partial charge in [-0.05, 0) is 104 Å². The molecule has 0 saturated heterocycles. The fraction of sp³-hybridized carbons (Fsp3) is 0.562. The SMILES string of the molecule is CCCCC(=O)O[C@@H]1CC[C@@H]2[C@@H]3CCc4cc(OCc5ccc(C(=O)OC)cc5)ccc4[C@H]3CC[C@@]21C. The van der Waals surface area contributed by atoms with E-state index in [1.54, 1.807) is 12.1 Å². The molecule has 0 spiro atoms. The average molecular weight is 505 g/mol. The van der Waals surface area contributed by atoms with Gasteiger partial charge in [0, 0.05) is 11.8 Å². The van der Waals surface area contributed by atoms with Crippen LogP contribution >= 0.6 is 0 Å². The molecule has 3 aliphatic rings. The molecule has 0 aromatic heterocycles. The van der Waals surface area contributed by atoms with Crippen molar-refractivity contribution < 1.29 is 23.8 Å². The van der Waals surface area contributed by atoms with Crippen LogP contribution in [0.4, 0.5) is 0 Å². The van der Waals surface area contributed by atoms with Crippen LogP contribution in [0, 0.1) is 17.3 Å². The maximum Gasteiger partial charge on any atom is 0.337 e. The Kier molecular flexibility index (Phi) is 7.60. The highest BCUT2D eigenvalue weighted by Crippen LogP contribution is 2.61. The zero-order valence-corrected chi connectivity index (χ0v) is 22.5. The lowest BCUT2D eigenvalue weighted by atomic mass is 9.55. The van der Waals surface area contributed by atoms with Crippen LogP contribution in [0.25, 0.3) is 0 Å². The lowest BCUT2D eigenvalue weighted by Crippen LogP contribution is -2.45. The molecule has 3 aliphatic carbocycles. The van der Waals surface area contributed by atoms with Gasteiger partial charge in [-0.2, -0.15) is 0 Å². The molecule has 5 heteroatoms. The minimum Gasteiger partial charge on any atom is -0.489 e. The fourth-order valence-electron chi connectivity index (χ4n) is 7.35. The van der Waals surface area contributed by atoms with Gasteiger partial charge in [-0.3, -0.25) is 4.79 Å². The van der Waals surface area contributed by atoms with Crippen LogP contribution in [-0.4, -0.2) is 25.2 Å². The van der Waals surface area contributed by atoms with Gasteiger partial charge in [0.05, 0.1) is 12.7 Å². The summed E-state index contributed by atoms with van der Waals surface area (Å²) in [7, 11) is 1.39. The van der Waals surface area contributed by atoms with Crippen LogP contribution in [0.3, 0.4) is 0 Å². The Morgan fingerprint density at radius 3 is 2.59 bits per heavy atom. The number of fused-ring (bicyclic) bond motifs is 5. The zero-order chi connectivity index (χ0) is 26.0. The fourth-order valence-corrected chi connectivity index (χ4v) is 7.35. The molecule has 0 aliphatic heterocycles. The van der Waals surface area contributed by atoms with Crippen LogP contribution in [0.2, 0.25) is 0 Å². The number of rotatable bonds is 8. The number of methoxy groups -OCH3 is 1. The van der Waals surface area contributed by atoms with E-state index in [-0.39, 0.29) is 23.5 Å². The monoisotopic (exact) mass is 504 g/mol. The zero-order valence-electron chi connectivity index (χ0n) is 22.5. The second-order valence-corrected chi connectivity index (χ2v) is 11.5. The van der Waals surface area contributed by atoms with Crippen molar-refractivity contribution >= 4 is 11.9 Å². The van der Waals surface area contributed by atoms with E-state index in [2.05, 4.69) is 32.0 Å². The Balaban J connectivity index is 1.23. The average Bonchev–Trinajstić information content (AvgIpc) is 3.26. The third-order valence-corrected chi connectivity index (χ3v) is 9.40. The first-order valence-electron chi connectivity index (χ1n) is 14.0. The maximum absolute atomic E-state index is 12.4. The van der Waals surface area contributed by atoms with Gasteiger partial charge in [0.2, 0.25) is 0 Å². The first-order chi connectivity index (χ1) is 17.9. The summed E-state index contributed by atoms with van der Waals surface area (Å²) in [6, 6.07) is 14.0. The predicted octanol–water partition coefficient (Wildman–Crippen LogP) is 7.01. The Morgan fingerprint density at radius 2 is 1.84 bits per heavy atom. The van der Waals surface area contributed by atoms with E-state index < -0.39 is 0 Å². The van der Waals surface area contributed by atoms with Gasteiger partial charge in [-0.15, -0.1) is 0 Å². The Hall–Kier alpha value is -2.82. The Bertz CT molecular complexity index is 1120. The molecule has 2 saturated carbocycles. The van der Waals surface area contributed by atoms with Crippen LogP contribution in [0.1, 0.15) is 98.2 Å². The third kappa shape index (κ3) is 5.15. The predicted molar refractivity (Wildman–Crippen MR) is 143 cm³/mol. The summed E-state index contributed by atoms with van der Waals surface area (Å²) in [6.07, 6.45) is 9.35. The van der Waals surface area contributed by atoms with Crippen molar-refractivity contribution in [1.29, 1.82) is 0 Å². The van der Waals surface area contributed by atoms with Gasteiger partial charge in [0.25, 0.3) is 0 Å². The van der Waals surface area contributed by atoms with E-state index in [0.717, 1.165) is 43.4 Å². The molecular weight excluding hydrogens is 464 g/mol. The highest BCUT2D eigenvalue weighted by atomic mass is 16.5. The lowest BCUT2D eigenvalue weighted by Gasteiger charge is -2.50. The second-order valence-electron chi connectivity index (χ2n) is 11.5. The van der Waals surface area contributed by atoms with Crippen molar-refractivity contribution in [2.45, 2.75) is 90.3 Å². The van der Waals surface area contributed by atoms with Crippen LogP contribution in [0.15, 0.2) is 42.5 Å². The molecule has 0 bridgehead atoms. The summed E-state index contributed by atoms with van der Waals surface area (Å²) in [5.74, 6) is 2.46. The number of hydrogen-bond acceptors (Lipinski definition) is 5. The van der Waals surface area contributed by atoms with E-state index in [0.29, 0.717) is 36.3 Å². The summed E-state index contributed by atoms with van der Waals surface area (Å²) in [4.78, 5) is 24.0. The Labute approximate surface area is 220 Å². The topological polar surface area (TPSA) is 61.8 Å². The number of carbonyl (C=O) groups is 2. The molecule has 0 radical (unpaired) electrons. The van der Waals surface area contributed by atoms with Gasteiger partial charge in [0.1, 0.15) is 18.5 Å². The standard InChI is InChI=1S/C32H40O5/c1-4-5-6-30(33)37-29-16-15-28-27-13-11-23-19-24(12-14-25(23)26(27)17-18-32(28,29)2)36-20-21-7-9-22(10-8-21)31(34)35-3/h7-10,12,14,19,26-29H,4-6,11,13,15-18,20H2,1-3H3/t26-,27-,28-,29-,32+/m1/s1. The summed E-state index contributed by atoms with van der Waals surface area (Å²) in [5.41, 5.74) is 4.59. The van der Waals surface area contributed by atoms with Crippen LogP contribution in [0.5, 0.6) is 5.75 Å². The molecule has 0 unspecified atom stereocenters. The maximum atomic E-state index is 12.4. The molecule has 5 nitrogen and oxygen atoms in total. The van der Waals surface area contributed by atoms with E-state index in [1.807, 2.05) is 12.1 Å². The highest BCUT2D eigenvalue weighted by Gasteiger charge is 2.56. The minimum atomic E-state index is -0.329. The van der Waals surface area contributed by atoms with E-state index in [4.69, 9.17) is 14.2 Å². The number of carbonyl (C=O) groups excluding carboxylic acids is 2.